The Hall–Kier alpha value is -1.06. The van der Waals surface area contributed by atoms with E-state index >= 15 is 0 Å². The van der Waals surface area contributed by atoms with E-state index in [1.807, 2.05) is 0 Å². The largest absolute Gasteiger partial charge is 0.378 e. The maximum Gasteiger partial charge on any atom is 0.0620 e. The van der Waals surface area contributed by atoms with Gasteiger partial charge in [-0.1, -0.05) is 18.2 Å². The highest BCUT2D eigenvalue weighted by Gasteiger charge is 2.48. The van der Waals surface area contributed by atoms with E-state index in [9.17, 15) is 0 Å². The molecule has 0 unspecified atom stereocenters. The third-order valence-electron chi connectivity index (χ3n) is 4.93. The fraction of sp³-hybridized carbons (Fsp3) is 0.647. The molecule has 0 radical (unpaired) electrons. The van der Waals surface area contributed by atoms with Crippen LogP contribution in [0.15, 0.2) is 24.3 Å². The normalized spacial score (nSPS) is 29.5. The zero-order valence-corrected chi connectivity index (χ0v) is 12.5. The number of rotatable bonds is 4. The summed E-state index contributed by atoms with van der Waals surface area (Å²) in [5.41, 5.74) is 9.19. The average molecular weight is 274 g/mol. The minimum absolute atomic E-state index is 0.125. The first-order valence-electron chi connectivity index (χ1n) is 7.96. The Morgan fingerprint density at radius 1 is 1.30 bits per heavy atom. The molecule has 0 spiro atoms. The van der Waals surface area contributed by atoms with Gasteiger partial charge in [0, 0.05) is 25.4 Å². The molecular weight excluding hydrogens is 248 g/mol. The van der Waals surface area contributed by atoms with Crippen LogP contribution >= 0.6 is 0 Å². The topological polar surface area (TPSA) is 38.5 Å². The first-order valence-corrected chi connectivity index (χ1v) is 7.96. The van der Waals surface area contributed by atoms with Gasteiger partial charge in [-0.3, -0.25) is 0 Å². The Bertz CT molecular complexity index is 454. The minimum Gasteiger partial charge on any atom is -0.378 e. The van der Waals surface area contributed by atoms with E-state index in [-0.39, 0.29) is 5.54 Å². The number of nitrogens with zero attached hydrogens (tertiary/aromatic N) is 1. The van der Waals surface area contributed by atoms with Crippen molar-refractivity contribution in [3.05, 3.63) is 29.8 Å². The smallest absolute Gasteiger partial charge is 0.0620 e. The van der Waals surface area contributed by atoms with Gasteiger partial charge in [0.15, 0.2) is 0 Å². The molecule has 1 fully saturated rings. The fourth-order valence-corrected chi connectivity index (χ4v) is 3.82. The van der Waals surface area contributed by atoms with Gasteiger partial charge in [-0.2, -0.15) is 0 Å². The van der Waals surface area contributed by atoms with Crippen molar-refractivity contribution in [2.24, 2.45) is 5.73 Å². The van der Waals surface area contributed by atoms with Crippen LogP contribution in [0.4, 0.5) is 5.69 Å². The van der Waals surface area contributed by atoms with E-state index in [1.165, 1.54) is 30.5 Å². The molecule has 0 bridgehead atoms. The molecule has 3 nitrogen and oxygen atoms in total. The van der Waals surface area contributed by atoms with Crippen LogP contribution in [0.1, 0.15) is 38.2 Å². The van der Waals surface area contributed by atoms with Crippen LogP contribution in [0.3, 0.4) is 0 Å². The standard InChI is InChI=1S/C17H26N2O/c1-2-20-15-11-17(12-15,13-18)19-10-6-5-8-14-7-3-4-9-16(14)19/h3-4,7,9,15H,2,5-6,8,10-13,18H2,1H3. The van der Waals surface area contributed by atoms with Gasteiger partial charge >= 0.3 is 0 Å². The number of nitrogens with two attached hydrogens (primary N) is 1. The molecule has 3 rings (SSSR count). The fourth-order valence-electron chi connectivity index (χ4n) is 3.82. The lowest BCUT2D eigenvalue weighted by molar-refractivity contribution is -0.0369. The number of para-hydroxylation sites is 1. The van der Waals surface area contributed by atoms with Crippen LogP contribution in [0.2, 0.25) is 0 Å². The summed E-state index contributed by atoms with van der Waals surface area (Å²) in [6, 6.07) is 8.85. The summed E-state index contributed by atoms with van der Waals surface area (Å²) in [6.45, 7) is 4.74. The van der Waals surface area contributed by atoms with E-state index < -0.39 is 0 Å². The van der Waals surface area contributed by atoms with E-state index in [1.54, 1.807) is 0 Å². The Morgan fingerprint density at radius 2 is 2.10 bits per heavy atom. The van der Waals surface area contributed by atoms with Crippen LogP contribution < -0.4 is 10.6 Å². The molecule has 2 aliphatic rings. The van der Waals surface area contributed by atoms with E-state index in [0.29, 0.717) is 6.10 Å². The van der Waals surface area contributed by atoms with Crippen molar-refractivity contribution in [2.75, 3.05) is 24.6 Å². The number of aryl methyl sites for hydroxylation is 1. The highest BCUT2D eigenvalue weighted by molar-refractivity contribution is 5.57. The summed E-state index contributed by atoms with van der Waals surface area (Å²) in [5, 5.41) is 0. The van der Waals surface area contributed by atoms with Crippen LogP contribution in [0.25, 0.3) is 0 Å². The molecule has 0 atom stereocenters. The second kappa shape index (κ2) is 5.74. The summed E-state index contributed by atoms with van der Waals surface area (Å²) in [6.07, 6.45) is 6.29. The number of fused-ring (bicyclic) bond motifs is 1. The van der Waals surface area contributed by atoms with Gasteiger partial charge in [0.25, 0.3) is 0 Å². The van der Waals surface area contributed by atoms with Crippen molar-refractivity contribution >= 4 is 5.69 Å². The van der Waals surface area contributed by atoms with Gasteiger partial charge in [-0.25, -0.2) is 0 Å². The zero-order chi connectivity index (χ0) is 14.0. The molecule has 0 aromatic heterocycles. The van der Waals surface area contributed by atoms with Crippen molar-refractivity contribution in [2.45, 2.75) is 50.7 Å². The number of hydrogen-bond donors (Lipinski definition) is 1. The maximum absolute atomic E-state index is 6.17. The summed E-state index contributed by atoms with van der Waals surface area (Å²) >= 11 is 0. The van der Waals surface area contributed by atoms with E-state index in [4.69, 9.17) is 10.5 Å². The van der Waals surface area contributed by atoms with Gasteiger partial charge in [0.05, 0.1) is 11.6 Å². The van der Waals surface area contributed by atoms with Crippen LogP contribution in [-0.2, 0) is 11.2 Å². The molecule has 110 valence electrons. The lowest BCUT2D eigenvalue weighted by atomic mass is 9.72. The first-order chi connectivity index (χ1) is 9.79. The van der Waals surface area contributed by atoms with Gasteiger partial charge < -0.3 is 15.4 Å². The Morgan fingerprint density at radius 3 is 2.85 bits per heavy atom. The predicted molar refractivity (Wildman–Crippen MR) is 83.2 cm³/mol. The molecule has 1 aliphatic carbocycles. The number of ether oxygens (including phenoxy) is 1. The Kier molecular flexibility index (Phi) is 3.99. The molecule has 20 heavy (non-hydrogen) atoms. The lowest BCUT2D eigenvalue weighted by Gasteiger charge is -2.54. The third-order valence-corrected chi connectivity index (χ3v) is 4.93. The zero-order valence-electron chi connectivity index (χ0n) is 12.5. The lowest BCUT2D eigenvalue weighted by Crippen LogP contribution is -2.64. The molecular formula is C17H26N2O. The molecule has 0 amide bonds. The highest BCUT2D eigenvalue weighted by Crippen LogP contribution is 2.43. The molecule has 2 N–H and O–H groups in total. The van der Waals surface area contributed by atoms with Crippen LogP contribution in [0.5, 0.6) is 0 Å². The summed E-state index contributed by atoms with van der Waals surface area (Å²) in [4.78, 5) is 2.59. The van der Waals surface area contributed by atoms with Gasteiger partial charge in [0.2, 0.25) is 0 Å². The molecule has 1 aliphatic heterocycles. The Labute approximate surface area is 122 Å². The van der Waals surface area contributed by atoms with E-state index in [2.05, 4.69) is 36.1 Å². The molecule has 3 heteroatoms. The number of benzene rings is 1. The SMILES string of the molecule is CCOC1CC(CN)(N2CCCCc3ccccc32)C1. The molecule has 1 saturated carbocycles. The maximum atomic E-state index is 6.17. The van der Waals surface area contributed by atoms with Gasteiger partial charge in [-0.05, 0) is 50.7 Å². The van der Waals surface area contributed by atoms with Crippen molar-refractivity contribution in [1.82, 2.24) is 0 Å². The highest BCUT2D eigenvalue weighted by atomic mass is 16.5. The second-order valence-corrected chi connectivity index (χ2v) is 6.15. The quantitative estimate of drug-likeness (QED) is 0.917. The average Bonchev–Trinajstić information content (AvgIpc) is 2.65. The molecule has 1 aromatic carbocycles. The monoisotopic (exact) mass is 274 g/mol. The first kappa shape index (κ1) is 13.9. The second-order valence-electron chi connectivity index (χ2n) is 6.15. The summed E-state index contributed by atoms with van der Waals surface area (Å²) in [5.74, 6) is 0. The molecule has 1 heterocycles. The predicted octanol–water partition coefficient (Wildman–Crippen LogP) is 2.73. The van der Waals surface area contributed by atoms with Crippen LogP contribution in [0, 0.1) is 0 Å². The number of anilines is 1. The van der Waals surface area contributed by atoms with Crippen molar-refractivity contribution < 1.29 is 4.74 Å². The van der Waals surface area contributed by atoms with Gasteiger partial charge in [-0.15, -0.1) is 0 Å². The van der Waals surface area contributed by atoms with Gasteiger partial charge in [0.1, 0.15) is 0 Å². The molecule has 0 saturated heterocycles. The summed E-state index contributed by atoms with van der Waals surface area (Å²) < 4.78 is 5.76. The third kappa shape index (κ3) is 2.33. The van der Waals surface area contributed by atoms with Crippen molar-refractivity contribution in [3.63, 3.8) is 0 Å². The van der Waals surface area contributed by atoms with Crippen molar-refractivity contribution in [1.29, 1.82) is 0 Å². The Balaban J connectivity index is 1.85. The van der Waals surface area contributed by atoms with Crippen molar-refractivity contribution in [3.8, 4) is 0 Å². The molecule has 1 aromatic rings. The number of hydrogen-bond acceptors (Lipinski definition) is 3. The minimum atomic E-state index is 0.125. The van der Waals surface area contributed by atoms with Crippen LogP contribution in [-0.4, -0.2) is 31.3 Å². The summed E-state index contributed by atoms with van der Waals surface area (Å²) in [7, 11) is 0. The van der Waals surface area contributed by atoms with E-state index in [0.717, 1.165) is 32.5 Å².